The maximum Gasteiger partial charge on any atom is 0.274 e. The molecule has 1 N–H and O–H groups in total. The lowest BCUT2D eigenvalue weighted by Crippen LogP contribution is -2.15. The fraction of sp³-hybridized carbons (Fsp3) is 0.0714. The van der Waals surface area contributed by atoms with Crippen molar-refractivity contribution in [1.29, 1.82) is 0 Å². The van der Waals surface area contributed by atoms with Gasteiger partial charge in [0.2, 0.25) is 0 Å². The monoisotopic (exact) mass is 286 g/mol. The van der Waals surface area contributed by atoms with Crippen LogP contribution in [0, 0.1) is 6.92 Å². The molecule has 0 saturated carbocycles. The Hall–Kier alpha value is -2.40. The number of benzene rings is 1. The van der Waals surface area contributed by atoms with Gasteiger partial charge in [-0.2, -0.15) is 5.10 Å². The summed E-state index contributed by atoms with van der Waals surface area (Å²) in [6.07, 6.45) is 1.65. The Labute approximate surface area is 120 Å². The molecular weight excluding hydrogens is 276 g/mol. The molecular formula is C14H11ClN4O. The Morgan fingerprint density at radius 2 is 2.00 bits per heavy atom. The molecule has 0 bridgehead atoms. The SMILES string of the molecule is Cc1cc(C(=O)Nc2ccc(Cl)cc2)nc2ccnn12. The van der Waals surface area contributed by atoms with E-state index in [1.807, 2.05) is 6.92 Å². The van der Waals surface area contributed by atoms with Gasteiger partial charge in [-0.25, -0.2) is 9.50 Å². The highest BCUT2D eigenvalue weighted by atomic mass is 35.5. The Morgan fingerprint density at radius 1 is 1.25 bits per heavy atom. The third-order valence-electron chi connectivity index (χ3n) is 2.87. The Balaban J connectivity index is 1.90. The van der Waals surface area contributed by atoms with E-state index in [0.29, 0.717) is 22.1 Å². The highest BCUT2D eigenvalue weighted by Gasteiger charge is 2.11. The number of hydrogen-bond acceptors (Lipinski definition) is 3. The molecule has 2 heterocycles. The number of rotatable bonds is 2. The number of carbonyl (C=O) groups excluding carboxylic acids is 1. The van der Waals surface area contributed by atoms with E-state index in [-0.39, 0.29) is 5.91 Å². The summed E-state index contributed by atoms with van der Waals surface area (Å²) in [6.45, 7) is 1.88. The van der Waals surface area contributed by atoms with E-state index in [1.54, 1.807) is 47.1 Å². The van der Waals surface area contributed by atoms with Crippen LogP contribution in [0.15, 0.2) is 42.6 Å². The van der Waals surface area contributed by atoms with Gasteiger partial charge >= 0.3 is 0 Å². The minimum Gasteiger partial charge on any atom is -0.321 e. The molecule has 0 radical (unpaired) electrons. The lowest BCUT2D eigenvalue weighted by molar-refractivity contribution is 0.102. The molecule has 0 saturated heterocycles. The molecule has 0 spiro atoms. The Kier molecular flexibility index (Phi) is 3.12. The van der Waals surface area contributed by atoms with Crippen molar-refractivity contribution in [2.24, 2.45) is 0 Å². The van der Waals surface area contributed by atoms with Crippen LogP contribution >= 0.6 is 11.6 Å². The van der Waals surface area contributed by atoms with Gasteiger partial charge in [0, 0.05) is 22.5 Å². The number of carbonyl (C=O) groups is 1. The van der Waals surface area contributed by atoms with Gasteiger partial charge < -0.3 is 5.32 Å². The molecule has 3 rings (SSSR count). The second-order valence-corrected chi connectivity index (χ2v) is 4.78. The van der Waals surface area contributed by atoms with Crippen molar-refractivity contribution in [2.45, 2.75) is 6.92 Å². The Morgan fingerprint density at radius 3 is 2.75 bits per heavy atom. The molecule has 0 unspecified atom stereocenters. The molecule has 3 aromatic rings. The van der Waals surface area contributed by atoms with Crippen molar-refractivity contribution in [3.63, 3.8) is 0 Å². The van der Waals surface area contributed by atoms with Gasteiger partial charge in [0.25, 0.3) is 5.91 Å². The molecule has 20 heavy (non-hydrogen) atoms. The van der Waals surface area contributed by atoms with Crippen LogP contribution in [0.1, 0.15) is 16.2 Å². The van der Waals surface area contributed by atoms with Crippen molar-refractivity contribution in [2.75, 3.05) is 5.32 Å². The zero-order valence-corrected chi connectivity index (χ0v) is 11.4. The summed E-state index contributed by atoms with van der Waals surface area (Å²) >= 11 is 5.80. The molecule has 2 aromatic heterocycles. The van der Waals surface area contributed by atoms with E-state index in [9.17, 15) is 4.79 Å². The van der Waals surface area contributed by atoms with Gasteiger partial charge in [0.15, 0.2) is 5.65 Å². The average Bonchev–Trinajstić information content (AvgIpc) is 2.90. The maximum absolute atomic E-state index is 12.2. The zero-order valence-electron chi connectivity index (χ0n) is 10.7. The Bertz CT molecular complexity index is 779. The number of amides is 1. The van der Waals surface area contributed by atoms with Crippen molar-refractivity contribution >= 4 is 28.8 Å². The molecule has 0 fully saturated rings. The minimum atomic E-state index is -0.265. The zero-order chi connectivity index (χ0) is 14.1. The molecule has 1 aromatic carbocycles. The van der Waals surface area contributed by atoms with Crippen LogP contribution in [0.4, 0.5) is 5.69 Å². The van der Waals surface area contributed by atoms with Crippen LogP contribution in [0.25, 0.3) is 5.65 Å². The smallest absolute Gasteiger partial charge is 0.274 e. The summed E-state index contributed by atoms with van der Waals surface area (Å²) in [4.78, 5) is 16.5. The first-order valence-corrected chi connectivity index (χ1v) is 6.39. The number of nitrogens with one attached hydrogen (secondary N) is 1. The molecule has 0 aliphatic heterocycles. The summed E-state index contributed by atoms with van der Waals surface area (Å²) < 4.78 is 1.68. The fourth-order valence-electron chi connectivity index (χ4n) is 1.91. The summed E-state index contributed by atoms with van der Waals surface area (Å²) in [5, 5.41) is 7.52. The molecule has 100 valence electrons. The average molecular weight is 287 g/mol. The van der Waals surface area contributed by atoms with Crippen molar-refractivity contribution in [1.82, 2.24) is 14.6 Å². The molecule has 5 nitrogen and oxygen atoms in total. The van der Waals surface area contributed by atoms with Gasteiger partial charge in [-0.3, -0.25) is 4.79 Å². The number of hydrogen-bond donors (Lipinski definition) is 1. The van der Waals surface area contributed by atoms with E-state index in [1.165, 1.54) is 0 Å². The maximum atomic E-state index is 12.2. The van der Waals surface area contributed by atoms with Crippen molar-refractivity contribution in [3.8, 4) is 0 Å². The van der Waals surface area contributed by atoms with Gasteiger partial charge in [0.05, 0.1) is 6.20 Å². The molecule has 0 aliphatic carbocycles. The van der Waals surface area contributed by atoms with Crippen LogP contribution in [0.5, 0.6) is 0 Å². The summed E-state index contributed by atoms with van der Waals surface area (Å²) in [5.41, 5.74) is 2.52. The van der Waals surface area contributed by atoms with Crippen LogP contribution in [-0.4, -0.2) is 20.5 Å². The number of anilines is 1. The van der Waals surface area contributed by atoms with Crippen LogP contribution < -0.4 is 5.32 Å². The number of aromatic nitrogens is 3. The van der Waals surface area contributed by atoms with E-state index in [2.05, 4.69) is 15.4 Å². The fourth-order valence-corrected chi connectivity index (χ4v) is 2.04. The predicted octanol–water partition coefficient (Wildman–Crippen LogP) is 2.94. The van der Waals surface area contributed by atoms with Gasteiger partial charge in [0.1, 0.15) is 5.69 Å². The molecule has 1 amide bonds. The van der Waals surface area contributed by atoms with Crippen LogP contribution in [0.3, 0.4) is 0 Å². The lowest BCUT2D eigenvalue weighted by atomic mass is 10.3. The predicted molar refractivity (Wildman–Crippen MR) is 77.1 cm³/mol. The number of aryl methyl sites for hydroxylation is 1. The highest BCUT2D eigenvalue weighted by molar-refractivity contribution is 6.30. The van der Waals surface area contributed by atoms with E-state index >= 15 is 0 Å². The van der Waals surface area contributed by atoms with Crippen LogP contribution in [-0.2, 0) is 0 Å². The van der Waals surface area contributed by atoms with Crippen molar-refractivity contribution in [3.05, 3.63) is 59.0 Å². The van der Waals surface area contributed by atoms with Gasteiger partial charge in [-0.05, 0) is 37.3 Å². The number of fused-ring (bicyclic) bond motifs is 1. The third-order valence-corrected chi connectivity index (χ3v) is 3.12. The summed E-state index contributed by atoms with van der Waals surface area (Å²) in [7, 11) is 0. The second kappa shape index (κ2) is 4.94. The van der Waals surface area contributed by atoms with E-state index < -0.39 is 0 Å². The lowest BCUT2D eigenvalue weighted by Gasteiger charge is -2.06. The summed E-state index contributed by atoms with van der Waals surface area (Å²) in [6, 6.07) is 10.4. The highest BCUT2D eigenvalue weighted by Crippen LogP contribution is 2.14. The summed E-state index contributed by atoms with van der Waals surface area (Å²) in [5.74, 6) is -0.265. The second-order valence-electron chi connectivity index (χ2n) is 4.34. The van der Waals surface area contributed by atoms with E-state index in [0.717, 1.165) is 5.69 Å². The van der Waals surface area contributed by atoms with Crippen molar-refractivity contribution < 1.29 is 4.79 Å². The first-order valence-electron chi connectivity index (χ1n) is 6.02. The van der Waals surface area contributed by atoms with Gasteiger partial charge in [-0.15, -0.1) is 0 Å². The standard InChI is InChI=1S/C14H11ClN4O/c1-9-8-12(18-13-6-7-16-19(9)13)14(20)17-11-4-2-10(15)3-5-11/h2-8H,1H3,(H,17,20). The topological polar surface area (TPSA) is 59.3 Å². The van der Waals surface area contributed by atoms with Crippen LogP contribution in [0.2, 0.25) is 5.02 Å². The van der Waals surface area contributed by atoms with Gasteiger partial charge in [-0.1, -0.05) is 11.6 Å². The minimum absolute atomic E-state index is 0.265. The molecule has 0 atom stereocenters. The molecule has 6 heteroatoms. The quantitative estimate of drug-likeness (QED) is 0.788. The third kappa shape index (κ3) is 2.35. The number of nitrogens with zero attached hydrogens (tertiary/aromatic N) is 3. The van der Waals surface area contributed by atoms with E-state index in [4.69, 9.17) is 11.6 Å². The number of halogens is 1. The first-order chi connectivity index (χ1) is 9.63. The largest absolute Gasteiger partial charge is 0.321 e. The first kappa shape index (κ1) is 12.6. The normalized spacial score (nSPS) is 10.7. The molecule has 0 aliphatic rings.